The van der Waals surface area contributed by atoms with Crippen molar-refractivity contribution < 1.29 is 14.4 Å². The van der Waals surface area contributed by atoms with Gasteiger partial charge in [-0.1, -0.05) is 18.0 Å². The molecule has 1 heterocycles. The Bertz CT molecular complexity index is 868. The number of nitrogens with one attached hydrogen (secondary N) is 1. The van der Waals surface area contributed by atoms with Gasteiger partial charge in [-0.25, -0.2) is 0 Å². The van der Waals surface area contributed by atoms with Gasteiger partial charge in [0.05, 0.1) is 5.25 Å². The summed E-state index contributed by atoms with van der Waals surface area (Å²) in [6, 6.07) is 14.0. The Morgan fingerprint density at radius 1 is 1.07 bits per heavy atom. The molecule has 28 heavy (non-hydrogen) atoms. The maximum Gasteiger partial charge on any atom is 0.260 e. The largest absolute Gasteiger partial charge is 0.326 e. The van der Waals surface area contributed by atoms with E-state index >= 15 is 0 Å². The lowest BCUT2D eigenvalue weighted by Crippen LogP contribution is -2.41. The van der Waals surface area contributed by atoms with Crippen LogP contribution < -0.4 is 5.32 Å². The highest BCUT2D eigenvalue weighted by atomic mass is 35.5. The Kier molecular flexibility index (Phi) is 6.75. The van der Waals surface area contributed by atoms with Crippen LogP contribution >= 0.6 is 23.4 Å². The lowest BCUT2D eigenvalue weighted by molar-refractivity contribution is -0.127. The van der Waals surface area contributed by atoms with Crippen molar-refractivity contribution in [1.82, 2.24) is 4.90 Å². The van der Waals surface area contributed by atoms with E-state index in [0.29, 0.717) is 22.8 Å². The average molecular weight is 417 g/mol. The van der Waals surface area contributed by atoms with Crippen LogP contribution in [0.25, 0.3) is 0 Å². The highest BCUT2D eigenvalue weighted by molar-refractivity contribution is 8.00. The maximum atomic E-state index is 13.0. The van der Waals surface area contributed by atoms with Crippen LogP contribution in [-0.4, -0.2) is 34.4 Å². The number of halogens is 1. The van der Waals surface area contributed by atoms with Crippen molar-refractivity contribution in [3.8, 4) is 0 Å². The van der Waals surface area contributed by atoms with Crippen molar-refractivity contribution in [3.05, 3.63) is 59.1 Å². The van der Waals surface area contributed by atoms with Gasteiger partial charge in [-0.3, -0.25) is 19.3 Å². The zero-order valence-corrected chi connectivity index (χ0v) is 17.1. The van der Waals surface area contributed by atoms with E-state index in [1.807, 2.05) is 24.3 Å². The molecule has 1 aliphatic heterocycles. The van der Waals surface area contributed by atoms with E-state index in [9.17, 15) is 14.4 Å². The van der Waals surface area contributed by atoms with Crippen LogP contribution in [0.4, 0.5) is 5.69 Å². The van der Waals surface area contributed by atoms with Crippen molar-refractivity contribution in [3.63, 3.8) is 0 Å². The minimum Gasteiger partial charge on any atom is -0.326 e. The predicted molar refractivity (Wildman–Crippen MR) is 112 cm³/mol. The number of hydrogen-bond acceptors (Lipinski definition) is 4. The minimum atomic E-state index is -0.314. The number of rotatable bonds is 4. The second kappa shape index (κ2) is 9.26. The molecule has 2 aromatic carbocycles. The summed E-state index contributed by atoms with van der Waals surface area (Å²) in [4.78, 5) is 39.3. The molecule has 3 amide bonds. The smallest absolute Gasteiger partial charge is 0.260 e. The first-order valence-electron chi connectivity index (χ1n) is 9.09. The Morgan fingerprint density at radius 2 is 1.75 bits per heavy atom. The fraction of sp³-hybridized carbons (Fsp3) is 0.286. The summed E-state index contributed by atoms with van der Waals surface area (Å²) in [6.45, 7) is 1.89. The molecule has 1 atom stereocenters. The summed E-state index contributed by atoms with van der Waals surface area (Å²) in [7, 11) is 0. The van der Waals surface area contributed by atoms with Crippen molar-refractivity contribution in [2.45, 2.75) is 36.3 Å². The van der Waals surface area contributed by atoms with Gasteiger partial charge >= 0.3 is 0 Å². The van der Waals surface area contributed by atoms with Crippen LogP contribution in [0, 0.1) is 0 Å². The minimum absolute atomic E-state index is 0.129. The molecule has 0 unspecified atom stereocenters. The van der Waals surface area contributed by atoms with Gasteiger partial charge in [0.15, 0.2) is 0 Å². The summed E-state index contributed by atoms with van der Waals surface area (Å²) in [5.41, 5.74) is 1.17. The molecular formula is C21H21ClN2O3S. The molecule has 0 saturated carbocycles. The van der Waals surface area contributed by atoms with Crippen LogP contribution in [0.5, 0.6) is 0 Å². The second-order valence-electron chi connectivity index (χ2n) is 6.61. The number of nitrogens with zero attached hydrogens (tertiary/aromatic N) is 1. The molecule has 0 aromatic heterocycles. The van der Waals surface area contributed by atoms with Gasteiger partial charge < -0.3 is 5.32 Å². The molecule has 0 aliphatic carbocycles. The Hall–Kier alpha value is -2.31. The van der Waals surface area contributed by atoms with E-state index in [0.717, 1.165) is 24.2 Å². The van der Waals surface area contributed by atoms with Gasteiger partial charge in [0.25, 0.3) is 5.91 Å². The second-order valence-corrected chi connectivity index (χ2v) is 8.32. The highest BCUT2D eigenvalue weighted by Gasteiger charge is 2.32. The standard InChI is InChI=1S/C21H21ClN2O3S/c1-14(25)23-17-9-11-18(12-10-17)28-19-4-2-3-13-24(21(19)27)20(26)15-5-7-16(22)8-6-15/h5-12,19H,2-4,13H2,1H3,(H,23,25)/t19-/m0/s1. The van der Waals surface area contributed by atoms with Crippen LogP contribution in [0.1, 0.15) is 36.5 Å². The molecule has 0 bridgehead atoms. The first-order valence-corrected chi connectivity index (χ1v) is 10.4. The SMILES string of the molecule is CC(=O)Nc1ccc(S[C@H]2CCCCN(C(=O)c3ccc(Cl)cc3)C2=O)cc1. The molecule has 0 spiro atoms. The molecular weight excluding hydrogens is 396 g/mol. The zero-order chi connectivity index (χ0) is 20.1. The van der Waals surface area contributed by atoms with E-state index in [4.69, 9.17) is 11.6 Å². The molecule has 5 nitrogen and oxygen atoms in total. The van der Waals surface area contributed by atoms with E-state index in [2.05, 4.69) is 5.32 Å². The normalized spacial score (nSPS) is 17.1. The van der Waals surface area contributed by atoms with Crippen molar-refractivity contribution in [2.24, 2.45) is 0 Å². The Labute approximate surface area is 173 Å². The van der Waals surface area contributed by atoms with Gasteiger partial charge in [-0.05, 0) is 61.4 Å². The molecule has 2 aromatic rings. The molecule has 1 aliphatic rings. The molecule has 0 radical (unpaired) electrons. The number of carbonyl (C=O) groups is 3. The number of imide groups is 1. The molecule has 1 N–H and O–H groups in total. The van der Waals surface area contributed by atoms with Crippen molar-refractivity contribution in [2.75, 3.05) is 11.9 Å². The summed E-state index contributed by atoms with van der Waals surface area (Å²) < 4.78 is 0. The fourth-order valence-electron chi connectivity index (χ4n) is 3.05. The number of thioether (sulfide) groups is 1. The summed E-state index contributed by atoms with van der Waals surface area (Å²) in [5, 5.41) is 2.96. The highest BCUT2D eigenvalue weighted by Crippen LogP contribution is 2.31. The molecule has 1 saturated heterocycles. The quantitative estimate of drug-likeness (QED) is 0.739. The van der Waals surface area contributed by atoms with Gasteiger partial charge in [-0.15, -0.1) is 11.8 Å². The lowest BCUT2D eigenvalue weighted by atomic mass is 10.2. The van der Waals surface area contributed by atoms with Crippen molar-refractivity contribution >= 4 is 46.8 Å². The molecule has 3 rings (SSSR count). The van der Waals surface area contributed by atoms with Gasteiger partial charge in [0, 0.05) is 34.6 Å². The van der Waals surface area contributed by atoms with E-state index in [-0.39, 0.29) is 23.0 Å². The summed E-state index contributed by atoms with van der Waals surface area (Å²) in [6.07, 6.45) is 2.41. The van der Waals surface area contributed by atoms with Gasteiger partial charge in [-0.2, -0.15) is 0 Å². The Balaban J connectivity index is 1.72. The van der Waals surface area contributed by atoms with Crippen LogP contribution in [0.15, 0.2) is 53.4 Å². The molecule has 7 heteroatoms. The third-order valence-electron chi connectivity index (χ3n) is 4.43. The number of likely N-dealkylation sites (tertiary alicyclic amines) is 1. The van der Waals surface area contributed by atoms with Crippen LogP contribution in [0.2, 0.25) is 5.02 Å². The molecule has 146 valence electrons. The first-order chi connectivity index (χ1) is 13.4. The monoisotopic (exact) mass is 416 g/mol. The number of anilines is 1. The summed E-state index contributed by atoms with van der Waals surface area (Å²) >= 11 is 7.35. The number of carbonyl (C=O) groups excluding carboxylic acids is 3. The van der Waals surface area contributed by atoms with Crippen LogP contribution in [-0.2, 0) is 9.59 Å². The fourth-order valence-corrected chi connectivity index (χ4v) is 4.31. The Morgan fingerprint density at radius 3 is 2.39 bits per heavy atom. The predicted octanol–water partition coefficient (Wildman–Crippen LogP) is 4.61. The number of benzene rings is 2. The maximum absolute atomic E-state index is 13.0. The topological polar surface area (TPSA) is 66.5 Å². The average Bonchev–Trinajstić information content (AvgIpc) is 2.85. The first kappa shape index (κ1) is 20.4. The van der Waals surface area contributed by atoms with Crippen LogP contribution in [0.3, 0.4) is 0 Å². The zero-order valence-electron chi connectivity index (χ0n) is 15.5. The number of amides is 3. The number of hydrogen-bond donors (Lipinski definition) is 1. The van der Waals surface area contributed by atoms with E-state index in [1.54, 1.807) is 24.3 Å². The van der Waals surface area contributed by atoms with Gasteiger partial charge in [0.2, 0.25) is 11.8 Å². The van der Waals surface area contributed by atoms with Crippen molar-refractivity contribution in [1.29, 1.82) is 0 Å². The summed E-state index contributed by atoms with van der Waals surface area (Å²) in [5.74, 6) is -0.570. The van der Waals surface area contributed by atoms with E-state index < -0.39 is 0 Å². The molecule has 1 fully saturated rings. The van der Waals surface area contributed by atoms with E-state index in [1.165, 1.54) is 23.6 Å². The lowest BCUT2D eigenvalue weighted by Gasteiger charge is -2.22. The van der Waals surface area contributed by atoms with Gasteiger partial charge in [0.1, 0.15) is 0 Å². The third kappa shape index (κ3) is 5.14. The third-order valence-corrected chi connectivity index (χ3v) is 5.95.